The number of aromatic nitrogens is 2. The fourth-order valence-electron chi connectivity index (χ4n) is 2.59. The molecule has 0 N–H and O–H groups in total. The van der Waals surface area contributed by atoms with E-state index in [0.29, 0.717) is 13.2 Å². The summed E-state index contributed by atoms with van der Waals surface area (Å²) in [6, 6.07) is 13.4. The van der Waals surface area contributed by atoms with Crippen LogP contribution < -0.4 is 0 Å². The van der Waals surface area contributed by atoms with E-state index in [1.54, 1.807) is 11.1 Å². The molecule has 1 aromatic heterocycles. The van der Waals surface area contributed by atoms with Crippen molar-refractivity contribution in [3.63, 3.8) is 0 Å². The van der Waals surface area contributed by atoms with Gasteiger partial charge in [-0.2, -0.15) is 10.2 Å². The molecule has 0 aliphatic carbocycles. The molecule has 0 bridgehead atoms. The molecule has 1 aliphatic heterocycles. The van der Waals surface area contributed by atoms with Crippen LogP contribution in [0.4, 0.5) is 4.79 Å². The van der Waals surface area contributed by atoms with Crippen LogP contribution in [0.3, 0.4) is 0 Å². The van der Waals surface area contributed by atoms with Crippen LogP contribution in [0.5, 0.6) is 0 Å². The SMILES string of the molecule is O=C(OCc1ccccc1)N1CCC[C@@H]1c1cccnn1. The molecule has 1 saturated heterocycles. The second-order valence-corrected chi connectivity index (χ2v) is 5.04. The van der Waals surface area contributed by atoms with Crippen molar-refractivity contribution in [3.8, 4) is 0 Å². The zero-order valence-electron chi connectivity index (χ0n) is 11.7. The smallest absolute Gasteiger partial charge is 0.410 e. The Morgan fingerprint density at radius 3 is 2.86 bits per heavy atom. The molecule has 1 aromatic carbocycles. The van der Waals surface area contributed by atoms with Crippen LogP contribution in [0.1, 0.15) is 30.1 Å². The van der Waals surface area contributed by atoms with Crippen molar-refractivity contribution in [3.05, 3.63) is 59.9 Å². The van der Waals surface area contributed by atoms with Crippen LogP contribution in [0.2, 0.25) is 0 Å². The molecule has 1 aliphatic rings. The third kappa shape index (κ3) is 3.18. The van der Waals surface area contributed by atoms with Crippen molar-refractivity contribution in [2.24, 2.45) is 0 Å². The summed E-state index contributed by atoms with van der Waals surface area (Å²) in [7, 11) is 0. The first kappa shape index (κ1) is 13.5. The maximum absolute atomic E-state index is 12.3. The van der Waals surface area contributed by atoms with E-state index in [1.807, 2.05) is 42.5 Å². The van der Waals surface area contributed by atoms with E-state index in [2.05, 4.69) is 10.2 Å². The van der Waals surface area contributed by atoms with Crippen LogP contribution in [0, 0.1) is 0 Å². The Hall–Kier alpha value is -2.43. The largest absolute Gasteiger partial charge is 0.445 e. The Morgan fingerprint density at radius 2 is 2.10 bits per heavy atom. The first-order valence-corrected chi connectivity index (χ1v) is 7.09. The van der Waals surface area contributed by atoms with Gasteiger partial charge in [-0.15, -0.1) is 0 Å². The maximum Gasteiger partial charge on any atom is 0.410 e. The fraction of sp³-hybridized carbons (Fsp3) is 0.312. The molecular weight excluding hydrogens is 266 g/mol. The van der Waals surface area contributed by atoms with Gasteiger partial charge in [0.2, 0.25) is 0 Å². The van der Waals surface area contributed by atoms with Crippen molar-refractivity contribution in [2.75, 3.05) is 6.54 Å². The number of likely N-dealkylation sites (tertiary alicyclic amines) is 1. The molecule has 0 spiro atoms. The number of nitrogens with zero attached hydrogens (tertiary/aromatic N) is 3. The topological polar surface area (TPSA) is 55.3 Å². The summed E-state index contributed by atoms with van der Waals surface area (Å²) in [5.41, 5.74) is 1.81. The summed E-state index contributed by atoms with van der Waals surface area (Å²) in [5.74, 6) is 0. The van der Waals surface area contributed by atoms with Gasteiger partial charge in [-0.05, 0) is 30.5 Å². The maximum atomic E-state index is 12.3. The number of rotatable bonds is 3. The lowest BCUT2D eigenvalue weighted by Crippen LogP contribution is -2.31. The molecule has 108 valence electrons. The Morgan fingerprint density at radius 1 is 1.24 bits per heavy atom. The molecule has 2 heterocycles. The number of carbonyl (C=O) groups is 1. The van der Waals surface area contributed by atoms with Crippen LogP contribution in [-0.2, 0) is 11.3 Å². The number of amides is 1. The third-order valence-corrected chi connectivity index (χ3v) is 3.63. The van der Waals surface area contributed by atoms with Crippen molar-refractivity contribution in [2.45, 2.75) is 25.5 Å². The zero-order valence-corrected chi connectivity index (χ0v) is 11.7. The molecule has 21 heavy (non-hydrogen) atoms. The van der Waals surface area contributed by atoms with Gasteiger partial charge in [0.25, 0.3) is 0 Å². The number of hydrogen-bond donors (Lipinski definition) is 0. The summed E-state index contributed by atoms with van der Waals surface area (Å²) in [5, 5.41) is 8.00. The Kier molecular flexibility index (Phi) is 4.09. The van der Waals surface area contributed by atoms with Crippen molar-refractivity contribution < 1.29 is 9.53 Å². The summed E-state index contributed by atoms with van der Waals surface area (Å²) in [6.45, 7) is 0.998. The van der Waals surface area contributed by atoms with Crippen LogP contribution >= 0.6 is 0 Å². The van der Waals surface area contributed by atoms with Gasteiger partial charge in [0, 0.05) is 12.7 Å². The van der Waals surface area contributed by atoms with Crippen LogP contribution in [-0.4, -0.2) is 27.7 Å². The number of carbonyl (C=O) groups excluding carboxylic acids is 1. The van der Waals surface area contributed by atoms with Gasteiger partial charge in [0.05, 0.1) is 11.7 Å². The van der Waals surface area contributed by atoms with E-state index < -0.39 is 0 Å². The molecular formula is C16H17N3O2. The highest BCUT2D eigenvalue weighted by Gasteiger charge is 2.32. The van der Waals surface area contributed by atoms with Gasteiger partial charge in [0.1, 0.15) is 6.61 Å². The molecule has 5 heteroatoms. The predicted molar refractivity (Wildman–Crippen MR) is 77.3 cm³/mol. The van der Waals surface area contributed by atoms with E-state index in [1.165, 1.54) is 0 Å². The lowest BCUT2D eigenvalue weighted by Gasteiger charge is -2.23. The van der Waals surface area contributed by atoms with Gasteiger partial charge in [-0.3, -0.25) is 4.90 Å². The van der Waals surface area contributed by atoms with Crippen molar-refractivity contribution in [1.82, 2.24) is 15.1 Å². The summed E-state index contributed by atoms with van der Waals surface area (Å²) in [6.07, 6.45) is 3.21. The predicted octanol–water partition coefficient (Wildman–Crippen LogP) is 2.95. The third-order valence-electron chi connectivity index (χ3n) is 3.63. The normalized spacial score (nSPS) is 17.7. The van der Waals surface area contributed by atoms with Crippen LogP contribution in [0.15, 0.2) is 48.7 Å². The van der Waals surface area contributed by atoms with Crippen molar-refractivity contribution >= 4 is 6.09 Å². The Bertz CT molecular complexity index is 589. The highest BCUT2D eigenvalue weighted by molar-refractivity contribution is 5.68. The van der Waals surface area contributed by atoms with E-state index in [0.717, 1.165) is 24.1 Å². The van der Waals surface area contributed by atoms with Gasteiger partial charge < -0.3 is 4.74 Å². The minimum absolute atomic E-state index is 0.0260. The van der Waals surface area contributed by atoms with Gasteiger partial charge >= 0.3 is 6.09 Å². The van der Waals surface area contributed by atoms with E-state index in [-0.39, 0.29) is 12.1 Å². The lowest BCUT2D eigenvalue weighted by atomic mass is 10.1. The quantitative estimate of drug-likeness (QED) is 0.869. The summed E-state index contributed by atoms with van der Waals surface area (Å²) in [4.78, 5) is 14.0. The molecule has 0 unspecified atom stereocenters. The molecule has 0 radical (unpaired) electrons. The number of hydrogen-bond acceptors (Lipinski definition) is 4. The average Bonchev–Trinajstić information content (AvgIpc) is 3.04. The highest BCUT2D eigenvalue weighted by Crippen LogP contribution is 2.30. The van der Waals surface area contributed by atoms with Gasteiger partial charge in [-0.25, -0.2) is 4.79 Å². The van der Waals surface area contributed by atoms with E-state index in [9.17, 15) is 4.79 Å². The second-order valence-electron chi connectivity index (χ2n) is 5.04. The zero-order chi connectivity index (χ0) is 14.5. The summed E-state index contributed by atoms with van der Waals surface area (Å²) >= 11 is 0. The van der Waals surface area contributed by atoms with E-state index in [4.69, 9.17) is 4.74 Å². The summed E-state index contributed by atoms with van der Waals surface area (Å²) < 4.78 is 5.40. The van der Waals surface area contributed by atoms with E-state index >= 15 is 0 Å². The molecule has 3 rings (SSSR count). The molecule has 1 fully saturated rings. The highest BCUT2D eigenvalue weighted by atomic mass is 16.6. The minimum Gasteiger partial charge on any atom is -0.445 e. The monoisotopic (exact) mass is 283 g/mol. The Labute approximate surface area is 123 Å². The second kappa shape index (κ2) is 6.35. The Balaban J connectivity index is 1.64. The number of benzene rings is 1. The molecule has 2 aromatic rings. The minimum atomic E-state index is -0.285. The van der Waals surface area contributed by atoms with Crippen molar-refractivity contribution in [1.29, 1.82) is 0 Å². The molecule has 1 amide bonds. The van der Waals surface area contributed by atoms with Gasteiger partial charge in [0.15, 0.2) is 0 Å². The van der Waals surface area contributed by atoms with Gasteiger partial charge in [-0.1, -0.05) is 30.3 Å². The average molecular weight is 283 g/mol. The standard InChI is InChI=1S/C16H17N3O2/c20-16(21-12-13-6-2-1-3-7-13)19-11-5-9-15(19)14-8-4-10-17-18-14/h1-4,6-8,10,15H,5,9,11-12H2/t15-/m1/s1. The van der Waals surface area contributed by atoms with Crippen LogP contribution in [0.25, 0.3) is 0 Å². The lowest BCUT2D eigenvalue weighted by molar-refractivity contribution is 0.0914. The first-order valence-electron chi connectivity index (χ1n) is 7.09. The fourth-order valence-corrected chi connectivity index (χ4v) is 2.59. The molecule has 1 atom stereocenters. The first-order chi connectivity index (χ1) is 10.3. The molecule has 0 saturated carbocycles. The number of ether oxygens (including phenoxy) is 1. The molecule has 5 nitrogen and oxygen atoms in total.